The number of aromatic nitrogens is 1. The van der Waals surface area contributed by atoms with Crippen LogP contribution in [0.3, 0.4) is 0 Å². The van der Waals surface area contributed by atoms with Gasteiger partial charge >= 0.3 is 6.61 Å². The molecule has 0 fully saturated rings. The molecule has 0 saturated carbocycles. The predicted molar refractivity (Wildman–Crippen MR) is 78.3 cm³/mol. The van der Waals surface area contributed by atoms with E-state index in [2.05, 4.69) is 20.2 Å². The summed E-state index contributed by atoms with van der Waals surface area (Å²) in [4.78, 5) is 14.5. The number of rotatable bonds is 5. The molecule has 0 radical (unpaired) electrons. The van der Waals surface area contributed by atoms with Gasteiger partial charge in [0.2, 0.25) is 0 Å². The van der Waals surface area contributed by atoms with Crippen molar-refractivity contribution in [3.63, 3.8) is 0 Å². The van der Waals surface area contributed by atoms with Gasteiger partial charge in [0.25, 0.3) is 5.91 Å². The average molecular weight is 307 g/mol. The Labute approximate surface area is 126 Å². The Kier molecular flexibility index (Phi) is 4.88. The molecule has 22 heavy (non-hydrogen) atoms. The summed E-state index contributed by atoms with van der Waals surface area (Å²) in [6.07, 6.45) is 1.61. The van der Waals surface area contributed by atoms with Gasteiger partial charge in [-0.1, -0.05) is 11.6 Å². The van der Waals surface area contributed by atoms with Crippen LogP contribution in [0.2, 0.25) is 0 Å². The lowest BCUT2D eigenvalue weighted by Gasteiger charge is -2.11. The molecule has 0 atom stereocenters. The zero-order chi connectivity index (χ0) is 16.1. The molecule has 2 aromatic rings. The minimum absolute atomic E-state index is 0.0102. The molecule has 2 rings (SSSR count). The normalized spacial score (nSPS) is 11.6. The molecule has 1 heterocycles. The van der Waals surface area contributed by atoms with E-state index in [1.54, 1.807) is 37.4 Å². The van der Waals surface area contributed by atoms with Gasteiger partial charge in [0.15, 0.2) is 0 Å². The summed E-state index contributed by atoms with van der Waals surface area (Å²) in [6.45, 7) is 0.491. The number of benzene rings is 1. The van der Waals surface area contributed by atoms with Crippen molar-refractivity contribution in [2.75, 3.05) is 0 Å². The van der Waals surface area contributed by atoms with Crippen LogP contribution in [0, 0.1) is 6.92 Å². The van der Waals surface area contributed by atoms with Crippen LogP contribution in [0.1, 0.15) is 28.5 Å². The minimum atomic E-state index is -2.93. The van der Waals surface area contributed by atoms with Gasteiger partial charge in [-0.3, -0.25) is 4.79 Å². The Morgan fingerprint density at radius 3 is 2.77 bits per heavy atom. The number of hydrazone groups is 1. The van der Waals surface area contributed by atoms with Crippen molar-refractivity contribution >= 4 is 11.6 Å². The van der Waals surface area contributed by atoms with E-state index in [4.69, 9.17) is 0 Å². The number of nitrogens with one attached hydrogen (secondary N) is 2. The van der Waals surface area contributed by atoms with Gasteiger partial charge in [0.05, 0.1) is 5.71 Å². The molecule has 0 aliphatic rings. The molecule has 0 spiro atoms. The Morgan fingerprint density at radius 1 is 1.36 bits per heavy atom. The molecule has 0 bridgehead atoms. The van der Waals surface area contributed by atoms with Crippen LogP contribution in [0.5, 0.6) is 5.75 Å². The van der Waals surface area contributed by atoms with E-state index in [0.717, 1.165) is 5.56 Å². The van der Waals surface area contributed by atoms with Crippen molar-refractivity contribution in [2.24, 2.45) is 5.10 Å². The number of halogens is 2. The zero-order valence-corrected chi connectivity index (χ0v) is 12.1. The topological polar surface area (TPSA) is 66.5 Å². The summed E-state index contributed by atoms with van der Waals surface area (Å²) < 4.78 is 29.3. The number of ether oxygens (including phenoxy) is 1. The van der Waals surface area contributed by atoms with Crippen molar-refractivity contribution in [2.45, 2.75) is 20.5 Å². The number of amides is 1. The van der Waals surface area contributed by atoms with E-state index in [9.17, 15) is 13.6 Å². The first-order chi connectivity index (χ1) is 10.5. The third kappa shape index (κ3) is 3.91. The lowest BCUT2D eigenvalue weighted by molar-refractivity contribution is -0.0499. The van der Waals surface area contributed by atoms with Crippen molar-refractivity contribution in [1.82, 2.24) is 10.4 Å². The molecule has 0 saturated heterocycles. The molecule has 116 valence electrons. The van der Waals surface area contributed by atoms with Crippen LogP contribution in [-0.2, 0) is 0 Å². The summed E-state index contributed by atoms with van der Waals surface area (Å²) in [5, 5.41) is 3.93. The Bertz CT molecular complexity index is 682. The quantitative estimate of drug-likeness (QED) is 0.658. The summed E-state index contributed by atoms with van der Waals surface area (Å²) in [5.41, 5.74) is 4.33. The second-order valence-electron chi connectivity index (χ2n) is 4.60. The number of hydrogen-bond acceptors (Lipinski definition) is 3. The first-order valence-electron chi connectivity index (χ1n) is 6.51. The van der Waals surface area contributed by atoms with Gasteiger partial charge in [-0.2, -0.15) is 13.9 Å². The molecular weight excluding hydrogens is 292 g/mol. The van der Waals surface area contributed by atoms with E-state index in [0.29, 0.717) is 17.0 Å². The van der Waals surface area contributed by atoms with Gasteiger partial charge in [-0.15, -0.1) is 0 Å². The highest BCUT2D eigenvalue weighted by Gasteiger charge is 2.13. The molecule has 2 N–H and O–H groups in total. The van der Waals surface area contributed by atoms with Gasteiger partial charge in [-0.05, 0) is 38.1 Å². The fourth-order valence-electron chi connectivity index (χ4n) is 1.85. The van der Waals surface area contributed by atoms with Gasteiger partial charge < -0.3 is 9.72 Å². The molecule has 0 aliphatic heterocycles. The van der Waals surface area contributed by atoms with E-state index in [-0.39, 0.29) is 5.75 Å². The molecular formula is C15H15F2N3O2. The summed E-state index contributed by atoms with van der Waals surface area (Å²) in [6, 6.07) is 8.05. The predicted octanol–water partition coefficient (Wildman–Crippen LogP) is 3.08. The van der Waals surface area contributed by atoms with Crippen molar-refractivity contribution < 1.29 is 18.3 Å². The first-order valence-corrected chi connectivity index (χ1v) is 6.51. The first kappa shape index (κ1) is 15.7. The summed E-state index contributed by atoms with van der Waals surface area (Å²) in [7, 11) is 0. The van der Waals surface area contributed by atoms with Crippen molar-refractivity contribution in [3.8, 4) is 5.75 Å². The fraction of sp³-hybridized carbons (Fsp3) is 0.200. The fourth-order valence-corrected chi connectivity index (χ4v) is 1.85. The Morgan fingerprint density at radius 2 is 2.14 bits per heavy atom. The highest BCUT2D eigenvalue weighted by Crippen LogP contribution is 2.22. The monoisotopic (exact) mass is 307 g/mol. The van der Waals surface area contributed by atoms with Crippen molar-refractivity contribution in [3.05, 3.63) is 53.3 Å². The highest BCUT2D eigenvalue weighted by molar-refractivity contribution is 6.02. The maximum absolute atomic E-state index is 12.4. The molecule has 1 aromatic heterocycles. The molecule has 1 amide bonds. The van der Waals surface area contributed by atoms with E-state index in [1.807, 2.05) is 6.92 Å². The van der Waals surface area contributed by atoms with Crippen LogP contribution >= 0.6 is 0 Å². The maximum atomic E-state index is 12.4. The standard InChI is InChI=1S/C15H15F2N3O2/c1-9-5-6-13(22-15(16)17)11(8-9)10(2)19-20-14(21)12-4-3-7-18-12/h3-8,15,18H,1-2H3,(H,20,21)/b19-10-. The van der Waals surface area contributed by atoms with E-state index in [1.165, 1.54) is 6.07 Å². The third-order valence-corrected chi connectivity index (χ3v) is 2.91. The summed E-state index contributed by atoms with van der Waals surface area (Å²) in [5.74, 6) is -0.413. The number of nitrogens with zero attached hydrogens (tertiary/aromatic N) is 1. The van der Waals surface area contributed by atoms with E-state index >= 15 is 0 Å². The third-order valence-electron chi connectivity index (χ3n) is 2.91. The summed E-state index contributed by atoms with van der Waals surface area (Å²) >= 11 is 0. The smallest absolute Gasteiger partial charge is 0.387 e. The SMILES string of the molecule is C/C(=N/NC(=O)c1ccc[nH]1)c1cc(C)ccc1OC(F)F. The Balaban J connectivity index is 2.20. The largest absolute Gasteiger partial charge is 0.434 e. The number of aromatic amines is 1. The van der Waals surface area contributed by atoms with Gasteiger partial charge in [-0.25, -0.2) is 5.43 Å². The second-order valence-corrected chi connectivity index (χ2v) is 4.60. The number of carbonyl (C=O) groups excluding carboxylic acids is 1. The molecule has 5 nitrogen and oxygen atoms in total. The van der Waals surface area contributed by atoms with Crippen LogP contribution in [0.25, 0.3) is 0 Å². The number of carbonyl (C=O) groups is 1. The lowest BCUT2D eigenvalue weighted by atomic mass is 10.1. The van der Waals surface area contributed by atoms with Gasteiger partial charge in [0, 0.05) is 11.8 Å². The number of alkyl halides is 2. The second kappa shape index (κ2) is 6.84. The van der Waals surface area contributed by atoms with Crippen molar-refractivity contribution in [1.29, 1.82) is 0 Å². The minimum Gasteiger partial charge on any atom is -0.434 e. The molecule has 0 unspecified atom stereocenters. The van der Waals surface area contributed by atoms with Gasteiger partial charge in [0.1, 0.15) is 11.4 Å². The maximum Gasteiger partial charge on any atom is 0.387 e. The van der Waals surface area contributed by atoms with Crippen LogP contribution in [0.4, 0.5) is 8.78 Å². The number of H-pyrrole nitrogens is 1. The van der Waals surface area contributed by atoms with Crippen LogP contribution in [0.15, 0.2) is 41.6 Å². The number of hydrogen-bond donors (Lipinski definition) is 2. The molecule has 7 heteroatoms. The molecule has 0 aliphatic carbocycles. The number of aryl methyl sites for hydroxylation is 1. The lowest BCUT2D eigenvalue weighted by Crippen LogP contribution is -2.20. The average Bonchev–Trinajstić information content (AvgIpc) is 3.00. The highest BCUT2D eigenvalue weighted by atomic mass is 19.3. The molecule has 1 aromatic carbocycles. The zero-order valence-electron chi connectivity index (χ0n) is 12.1. The van der Waals surface area contributed by atoms with E-state index < -0.39 is 12.5 Å². The Hall–Kier alpha value is -2.70. The van der Waals surface area contributed by atoms with Crippen LogP contribution in [-0.4, -0.2) is 23.2 Å². The van der Waals surface area contributed by atoms with Crippen LogP contribution < -0.4 is 10.2 Å².